The van der Waals surface area contributed by atoms with Crippen LogP contribution in [0.15, 0.2) is 12.7 Å². The first kappa shape index (κ1) is 45.4. The van der Waals surface area contributed by atoms with E-state index >= 15 is 0 Å². The number of fused-ring (bicyclic) bond motifs is 1. The number of anilines is 1. The van der Waals surface area contributed by atoms with Gasteiger partial charge >= 0.3 is 15.6 Å². The van der Waals surface area contributed by atoms with Gasteiger partial charge in [-0.05, 0) is 58.9 Å². The summed E-state index contributed by atoms with van der Waals surface area (Å²) < 4.78 is 37.2. The largest absolute Gasteiger partial charge is 0.481 e. The Bertz CT molecular complexity index is 1150. The highest BCUT2D eigenvalue weighted by atomic mass is 31.3. The van der Waals surface area contributed by atoms with Crippen LogP contribution < -0.4 is 5.73 Å². The van der Waals surface area contributed by atoms with Crippen molar-refractivity contribution in [3.05, 3.63) is 12.7 Å². The Balaban J connectivity index is 0.000000820. The van der Waals surface area contributed by atoms with Crippen molar-refractivity contribution in [3.8, 4) is 0 Å². The van der Waals surface area contributed by atoms with Crippen LogP contribution in [-0.2, 0) is 22.7 Å². The maximum absolute atomic E-state index is 11.4. The molecule has 0 saturated carbocycles. The van der Waals surface area contributed by atoms with Crippen molar-refractivity contribution in [2.24, 2.45) is 0 Å². The number of nitrogens with zero attached hydrogens (tertiary/aromatic N) is 7. The fourth-order valence-electron chi connectivity index (χ4n) is 4.49. The van der Waals surface area contributed by atoms with Crippen molar-refractivity contribution >= 4 is 32.6 Å². The normalized spacial score (nSPS) is 19.1. The molecule has 17 nitrogen and oxygen atoms in total. The van der Waals surface area contributed by atoms with Crippen molar-refractivity contribution in [1.29, 1.82) is 0 Å². The number of aromatic nitrogens is 4. The summed E-state index contributed by atoms with van der Waals surface area (Å²) >= 11 is 0. The number of nitrogens with two attached hydrogens (primary N) is 1. The topological polar surface area (TPSA) is 222 Å². The molecule has 4 atom stereocenters. The van der Waals surface area contributed by atoms with E-state index in [4.69, 9.17) is 20.3 Å². The summed E-state index contributed by atoms with van der Waals surface area (Å²) in [7, 11) is -10.2. The van der Waals surface area contributed by atoms with E-state index in [0.717, 1.165) is 0 Å². The summed E-state index contributed by atoms with van der Waals surface area (Å²) in [6.07, 6.45) is -0.227. The van der Waals surface area contributed by atoms with Gasteiger partial charge in [-0.15, -0.1) is 0 Å². The number of hydrogen-bond donors (Lipinski definition) is 5. The maximum atomic E-state index is 11.4. The molecule has 0 amide bonds. The van der Waals surface area contributed by atoms with Gasteiger partial charge in [0.05, 0.1) is 19.0 Å². The Kier molecular flexibility index (Phi) is 22.9. The fourth-order valence-corrected chi connectivity index (χ4v) is 6.11. The van der Waals surface area contributed by atoms with Crippen molar-refractivity contribution in [1.82, 2.24) is 34.2 Å². The van der Waals surface area contributed by atoms with Crippen LogP contribution in [0.25, 0.3) is 11.2 Å². The molecule has 0 spiro atoms. The minimum absolute atomic E-state index is 0.0147. The molecule has 3 heterocycles. The van der Waals surface area contributed by atoms with Crippen molar-refractivity contribution in [3.63, 3.8) is 0 Å². The zero-order chi connectivity index (χ0) is 36.2. The molecular weight excluding hydrogens is 654 g/mol. The summed E-state index contributed by atoms with van der Waals surface area (Å²) in [6, 6.07) is 0. The number of rotatable bonds is 15. The van der Waals surface area contributed by atoms with Crippen LogP contribution in [0.5, 0.6) is 0 Å². The van der Waals surface area contributed by atoms with Crippen LogP contribution in [0, 0.1) is 0 Å². The number of ether oxygens (including phenoxy) is 1. The van der Waals surface area contributed by atoms with Crippen LogP contribution in [0.2, 0.25) is 0 Å². The molecule has 0 radical (unpaired) electrons. The monoisotopic (exact) mass is 714 g/mol. The van der Waals surface area contributed by atoms with E-state index in [1.807, 2.05) is 0 Å². The predicted molar refractivity (Wildman–Crippen MR) is 184 cm³/mol. The SMILES string of the molecule is CCN(CC)CC.CCN(CC)CC.CCN(CC)CC.Nc1ncnc2c1ncn2[C@@H]1O[C@H](COP(=O)(O)OP(=O)(O)O)C[C@H]1O. The van der Waals surface area contributed by atoms with Gasteiger partial charge in [0.15, 0.2) is 17.7 Å². The van der Waals surface area contributed by atoms with E-state index in [2.05, 4.69) is 101 Å². The standard InChI is InChI=1S/C10H15N5O9P2.3C6H15N/c11-8-7-9(13-3-12-8)15(4-14-7)10-6(16)1-5(23-10)2-22-26(20,21)24-25(17,18)19;3*1-4-7(5-2)6-3/h3-6,10,16H,1-2H2,(H,20,21)(H2,11,12,13)(H2,17,18,19);3*4-6H2,1-3H3/t5-,6+,10+;;;/m0.../s1. The quantitative estimate of drug-likeness (QED) is 0.167. The average molecular weight is 715 g/mol. The Morgan fingerprint density at radius 3 is 1.66 bits per heavy atom. The molecular formula is C28H60N8O9P2. The smallest absolute Gasteiger partial charge is 0.388 e. The number of imidazole rings is 1. The van der Waals surface area contributed by atoms with Crippen LogP contribution >= 0.6 is 15.6 Å². The van der Waals surface area contributed by atoms with Crippen LogP contribution in [0.4, 0.5) is 5.82 Å². The third-order valence-corrected chi connectivity index (χ3v) is 9.64. The first-order chi connectivity index (χ1) is 22.1. The van der Waals surface area contributed by atoms with Crippen molar-refractivity contribution in [2.75, 3.05) is 71.2 Å². The third-order valence-electron chi connectivity index (χ3n) is 7.48. The van der Waals surface area contributed by atoms with Crippen molar-refractivity contribution < 1.29 is 42.5 Å². The van der Waals surface area contributed by atoms with Gasteiger partial charge in [0, 0.05) is 6.42 Å². The van der Waals surface area contributed by atoms with Gasteiger partial charge in [0.25, 0.3) is 0 Å². The van der Waals surface area contributed by atoms with E-state index < -0.39 is 40.7 Å². The lowest BCUT2D eigenvalue weighted by Crippen LogP contribution is -2.21. The highest BCUT2D eigenvalue weighted by Crippen LogP contribution is 2.57. The van der Waals surface area contributed by atoms with Gasteiger partial charge in [-0.2, -0.15) is 4.31 Å². The van der Waals surface area contributed by atoms with Gasteiger partial charge in [-0.25, -0.2) is 24.1 Å². The maximum Gasteiger partial charge on any atom is 0.481 e. The summed E-state index contributed by atoms with van der Waals surface area (Å²) in [4.78, 5) is 45.4. The van der Waals surface area contributed by atoms with Gasteiger partial charge in [0.2, 0.25) is 0 Å². The van der Waals surface area contributed by atoms with Gasteiger partial charge in [-0.1, -0.05) is 62.3 Å². The number of phosphoric acid groups is 2. The molecule has 276 valence electrons. The molecule has 1 fully saturated rings. The zero-order valence-electron chi connectivity index (χ0n) is 29.6. The minimum Gasteiger partial charge on any atom is -0.388 e. The van der Waals surface area contributed by atoms with Gasteiger partial charge < -0.3 is 45.0 Å². The molecule has 0 aliphatic carbocycles. The Morgan fingerprint density at radius 2 is 1.28 bits per heavy atom. The molecule has 0 bridgehead atoms. The second-order valence-corrected chi connectivity index (χ2v) is 13.1. The summed E-state index contributed by atoms with van der Waals surface area (Å²) in [5, 5.41) is 10.2. The van der Waals surface area contributed by atoms with E-state index in [1.165, 1.54) is 76.1 Å². The lowest BCUT2D eigenvalue weighted by atomic mass is 10.2. The van der Waals surface area contributed by atoms with Gasteiger partial charge in [0.1, 0.15) is 17.9 Å². The molecule has 1 unspecified atom stereocenters. The molecule has 19 heteroatoms. The molecule has 3 rings (SSSR count). The second kappa shape index (κ2) is 23.7. The molecule has 1 aliphatic heterocycles. The average Bonchev–Trinajstić information content (AvgIpc) is 3.62. The predicted octanol–water partition coefficient (Wildman–Crippen LogP) is 3.33. The first-order valence-corrected chi connectivity index (χ1v) is 19.3. The Morgan fingerprint density at radius 1 is 0.830 bits per heavy atom. The molecule has 1 aliphatic rings. The third kappa shape index (κ3) is 17.6. The summed E-state index contributed by atoms with van der Waals surface area (Å²) in [5.41, 5.74) is 6.33. The second-order valence-electron chi connectivity index (χ2n) is 10.2. The lowest BCUT2D eigenvalue weighted by Gasteiger charge is -2.17. The van der Waals surface area contributed by atoms with E-state index in [9.17, 15) is 19.1 Å². The molecule has 1 saturated heterocycles. The number of aliphatic hydroxyl groups is 1. The highest BCUT2D eigenvalue weighted by Gasteiger charge is 2.39. The fraction of sp³-hybridized carbons (Fsp3) is 0.821. The van der Waals surface area contributed by atoms with Crippen LogP contribution in [-0.4, -0.2) is 132 Å². The number of hydrogen-bond acceptors (Lipinski definition) is 13. The first-order valence-electron chi connectivity index (χ1n) is 16.3. The van der Waals surface area contributed by atoms with E-state index in [0.29, 0.717) is 11.2 Å². The molecule has 2 aromatic rings. The Labute approximate surface area is 280 Å². The summed E-state index contributed by atoms with van der Waals surface area (Å²) in [6.45, 7) is 29.8. The molecule has 47 heavy (non-hydrogen) atoms. The molecule has 6 N–H and O–H groups in total. The Hall–Kier alpha value is -1.59. The number of phosphoric ester groups is 1. The minimum atomic E-state index is -5.21. The van der Waals surface area contributed by atoms with Crippen molar-refractivity contribution in [2.45, 2.75) is 87.2 Å². The van der Waals surface area contributed by atoms with Gasteiger partial charge in [-0.3, -0.25) is 9.09 Å². The lowest BCUT2D eigenvalue weighted by molar-refractivity contribution is -0.0481. The molecule has 2 aromatic heterocycles. The summed E-state index contributed by atoms with van der Waals surface area (Å²) in [5.74, 6) is 0.150. The number of aliphatic hydroxyl groups excluding tert-OH is 1. The van der Waals surface area contributed by atoms with Crippen LogP contribution in [0.1, 0.15) is 75.0 Å². The van der Waals surface area contributed by atoms with E-state index in [-0.39, 0.29) is 12.2 Å². The zero-order valence-corrected chi connectivity index (χ0v) is 31.4. The molecule has 0 aromatic carbocycles. The highest BCUT2D eigenvalue weighted by molar-refractivity contribution is 7.60. The van der Waals surface area contributed by atoms with Crippen LogP contribution in [0.3, 0.4) is 0 Å². The van der Waals surface area contributed by atoms with E-state index in [1.54, 1.807) is 0 Å². The number of nitrogen functional groups attached to an aromatic ring is 1.